The molecule has 0 aliphatic rings. The van der Waals surface area contributed by atoms with Crippen LogP contribution in [0.25, 0.3) is 0 Å². The van der Waals surface area contributed by atoms with E-state index in [-0.39, 0.29) is 12.5 Å². The summed E-state index contributed by atoms with van der Waals surface area (Å²) in [5, 5.41) is 8.69. The second kappa shape index (κ2) is 11.5. The van der Waals surface area contributed by atoms with Crippen LogP contribution >= 0.6 is 0 Å². The Hall–Kier alpha value is -0.610. The second-order valence-electron chi connectivity index (χ2n) is 4.90. The molecule has 0 aromatic rings. The summed E-state index contributed by atoms with van der Waals surface area (Å²) in [4.78, 5) is 16.1. The molecule has 0 heterocycles. The third-order valence-electron chi connectivity index (χ3n) is 2.94. The third-order valence-corrected chi connectivity index (χ3v) is 2.94. The van der Waals surface area contributed by atoms with Gasteiger partial charge in [-0.05, 0) is 45.7 Å². The van der Waals surface area contributed by atoms with E-state index in [1.807, 2.05) is 11.9 Å². The lowest BCUT2D eigenvalue weighted by Gasteiger charge is -2.24. The summed E-state index contributed by atoms with van der Waals surface area (Å²) in [6, 6.07) is 0. The van der Waals surface area contributed by atoms with Crippen molar-refractivity contribution in [3.05, 3.63) is 0 Å². The van der Waals surface area contributed by atoms with E-state index in [4.69, 9.17) is 5.11 Å². The fraction of sp³-hybridized carbons (Fsp3) is 0.929. The number of amides is 1. The van der Waals surface area contributed by atoms with Crippen LogP contribution in [0.1, 0.15) is 46.0 Å². The molecule has 0 aliphatic carbocycles. The van der Waals surface area contributed by atoms with Gasteiger partial charge in [-0.25, -0.2) is 0 Å². The van der Waals surface area contributed by atoms with Gasteiger partial charge in [0.1, 0.15) is 0 Å². The average molecular weight is 258 g/mol. The van der Waals surface area contributed by atoms with E-state index >= 15 is 0 Å². The molecule has 0 saturated carbocycles. The van der Waals surface area contributed by atoms with Crippen molar-refractivity contribution in [2.24, 2.45) is 0 Å². The minimum absolute atomic E-state index is 0.239. The van der Waals surface area contributed by atoms with Gasteiger partial charge in [-0.1, -0.05) is 13.8 Å². The predicted molar refractivity (Wildman–Crippen MR) is 75.6 cm³/mol. The molecule has 1 N–H and O–H groups in total. The van der Waals surface area contributed by atoms with Crippen molar-refractivity contribution in [1.82, 2.24) is 9.80 Å². The molecule has 0 unspecified atom stereocenters. The minimum Gasteiger partial charge on any atom is -0.396 e. The first-order valence-electron chi connectivity index (χ1n) is 7.22. The van der Waals surface area contributed by atoms with Crippen LogP contribution in [0.5, 0.6) is 0 Å². The molecule has 0 aliphatic heterocycles. The van der Waals surface area contributed by atoms with Gasteiger partial charge < -0.3 is 10.0 Å². The number of carbonyl (C=O) groups excluding carboxylic acids is 1. The SMILES string of the molecule is CCCN(CCC)C(=O)CN(C)CCCCCO. The smallest absolute Gasteiger partial charge is 0.236 e. The van der Waals surface area contributed by atoms with Gasteiger partial charge in [0, 0.05) is 19.7 Å². The van der Waals surface area contributed by atoms with Crippen molar-refractivity contribution in [2.45, 2.75) is 46.0 Å². The van der Waals surface area contributed by atoms with Crippen molar-refractivity contribution >= 4 is 5.91 Å². The number of likely N-dealkylation sites (N-methyl/N-ethyl adjacent to an activating group) is 1. The lowest BCUT2D eigenvalue weighted by molar-refractivity contribution is -0.132. The molecule has 18 heavy (non-hydrogen) atoms. The van der Waals surface area contributed by atoms with Gasteiger partial charge in [0.15, 0.2) is 0 Å². The number of nitrogens with zero attached hydrogens (tertiary/aromatic N) is 2. The number of aliphatic hydroxyl groups is 1. The van der Waals surface area contributed by atoms with Gasteiger partial charge in [-0.15, -0.1) is 0 Å². The Bertz CT molecular complexity index is 204. The van der Waals surface area contributed by atoms with Crippen LogP contribution in [0, 0.1) is 0 Å². The van der Waals surface area contributed by atoms with Crippen molar-refractivity contribution in [1.29, 1.82) is 0 Å². The number of unbranched alkanes of at least 4 members (excludes halogenated alkanes) is 2. The minimum atomic E-state index is 0.239. The van der Waals surface area contributed by atoms with E-state index in [1.165, 1.54) is 0 Å². The maximum atomic E-state index is 12.1. The van der Waals surface area contributed by atoms with Crippen molar-refractivity contribution in [2.75, 3.05) is 39.8 Å². The molecule has 0 rings (SSSR count). The number of rotatable bonds is 11. The normalized spacial score (nSPS) is 10.9. The summed E-state index contributed by atoms with van der Waals surface area (Å²) in [5.41, 5.74) is 0. The molecule has 0 atom stereocenters. The van der Waals surface area contributed by atoms with Gasteiger partial charge in [0.25, 0.3) is 0 Å². The quantitative estimate of drug-likeness (QED) is 0.574. The highest BCUT2D eigenvalue weighted by Gasteiger charge is 2.13. The maximum Gasteiger partial charge on any atom is 0.236 e. The molecule has 0 aromatic carbocycles. The molecule has 0 aromatic heterocycles. The van der Waals surface area contributed by atoms with Crippen LogP contribution in [0.3, 0.4) is 0 Å². The molecular weight excluding hydrogens is 228 g/mol. The molecule has 108 valence electrons. The topological polar surface area (TPSA) is 43.8 Å². The zero-order valence-electron chi connectivity index (χ0n) is 12.3. The summed E-state index contributed by atoms with van der Waals surface area (Å²) in [5.74, 6) is 0.239. The Balaban J connectivity index is 3.87. The van der Waals surface area contributed by atoms with Crippen LogP contribution in [-0.4, -0.2) is 60.6 Å². The third kappa shape index (κ3) is 8.48. The highest BCUT2D eigenvalue weighted by atomic mass is 16.2. The standard InChI is InChI=1S/C14H30N2O2/c1-4-9-16(10-5-2)14(18)13-15(3)11-7-6-8-12-17/h17H,4-13H2,1-3H3. The van der Waals surface area contributed by atoms with Gasteiger partial charge in [0.05, 0.1) is 6.54 Å². The van der Waals surface area contributed by atoms with Crippen molar-refractivity contribution in [3.8, 4) is 0 Å². The first kappa shape index (κ1) is 17.4. The van der Waals surface area contributed by atoms with Gasteiger partial charge in [0.2, 0.25) is 5.91 Å². The van der Waals surface area contributed by atoms with Gasteiger partial charge in [-0.3, -0.25) is 9.69 Å². The second-order valence-corrected chi connectivity index (χ2v) is 4.90. The van der Waals surface area contributed by atoms with Crippen molar-refractivity contribution < 1.29 is 9.90 Å². The molecule has 1 amide bonds. The Morgan fingerprint density at radius 3 is 2.11 bits per heavy atom. The highest BCUT2D eigenvalue weighted by molar-refractivity contribution is 5.78. The number of carbonyl (C=O) groups is 1. The van der Waals surface area contributed by atoms with Crippen LogP contribution in [0.4, 0.5) is 0 Å². The monoisotopic (exact) mass is 258 g/mol. The molecule has 0 radical (unpaired) electrons. The van der Waals surface area contributed by atoms with Crippen LogP contribution in [0.15, 0.2) is 0 Å². The Morgan fingerprint density at radius 1 is 1.00 bits per heavy atom. The molecule has 4 heteroatoms. The summed E-state index contributed by atoms with van der Waals surface area (Å²) >= 11 is 0. The van der Waals surface area contributed by atoms with E-state index < -0.39 is 0 Å². The lowest BCUT2D eigenvalue weighted by Crippen LogP contribution is -2.40. The average Bonchev–Trinajstić information content (AvgIpc) is 2.34. The van der Waals surface area contributed by atoms with Gasteiger partial charge >= 0.3 is 0 Å². The fourth-order valence-electron chi connectivity index (χ4n) is 1.98. The van der Waals surface area contributed by atoms with E-state index in [0.717, 1.165) is 51.7 Å². The van der Waals surface area contributed by atoms with E-state index in [1.54, 1.807) is 0 Å². The van der Waals surface area contributed by atoms with E-state index in [2.05, 4.69) is 18.7 Å². The molecule has 0 spiro atoms. The zero-order chi connectivity index (χ0) is 13.8. The highest BCUT2D eigenvalue weighted by Crippen LogP contribution is 2.00. The number of hydrogen-bond acceptors (Lipinski definition) is 3. The number of aliphatic hydroxyl groups excluding tert-OH is 1. The van der Waals surface area contributed by atoms with E-state index in [9.17, 15) is 4.79 Å². The fourth-order valence-corrected chi connectivity index (χ4v) is 1.98. The van der Waals surface area contributed by atoms with E-state index in [0.29, 0.717) is 6.54 Å². The van der Waals surface area contributed by atoms with Crippen LogP contribution in [0.2, 0.25) is 0 Å². The summed E-state index contributed by atoms with van der Waals surface area (Å²) in [7, 11) is 1.99. The molecule has 4 nitrogen and oxygen atoms in total. The maximum absolute atomic E-state index is 12.1. The molecular formula is C14H30N2O2. The van der Waals surface area contributed by atoms with Crippen LogP contribution < -0.4 is 0 Å². The summed E-state index contributed by atoms with van der Waals surface area (Å²) in [6.45, 7) is 7.65. The number of hydrogen-bond donors (Lipinski definition) is 1. The first-order chi connectivity index (χ1) is 8.65. The Morgan fingerprint density at radius 2 is 1.61 bits per heavy atom. The zero-order valence-corrected chi connectivity index (χ0v) is 12.3. The summed E-state index contributed by atoms with van der Waals surface area (Å²) in [6.07, 6.45) is 4.98. The predicted octanol–water partition coefficient (Wildman–Crippen LogP) is 1.73. The molecule has 0 bridgehead atoms. The lowest BCUT2D eigenvalue weighted by atomic mass is 10.2. The molecule has 0 saturated heterocycles. The Kier molecular flexibility index (Phi) is 11.1. The van der Waals surface area contributed by atoms with Crippen molar-refractivity contribution in [3.63, 3.8) is 0 Å². The van der Waals surface area contributed by atoms with Crippen LogP contribution in [-0.2, 0) is 4.79 Å². The Labute approximate surface area is 112 Å². The first-order valence-corrected chi connectivity index (χ1v) is 7.22. The van der Waals surface area contributed by atoms with Gasteiger partial charge in [-0.2, -0.15) is 0 Å². The summed E-state index contributed by atoms with van der Waals surface area (Å²) < 4.78 is 0. The largest absolute Gasteiger partial charge is 0.396 e. The molecule has 0 fully saturated rings.